The number of methoxy groups -OCH3 is 1. The van der Waals surface area contributed by atoms with E-state index in [-0.39, 0.29) is 24.2 Å². The number of hydrogen-bond donors (Lipinski definition) is 1. The van der Waals surface area contributed by atoms with Gasteiger partial charge in [-0.2, -0.15) is 0 Å². The van der Waals surface area contributed by atoms with Gasteiger partial charge >= 0.3 is 0 Å². The Bertz CT molecular complexity index is 1050. The van der Waals surface area contributed by atoms with E-state index in [9.17, 15) is 14.0 Å². The zero-order valence-corrected chi connectivity index (χ0v) is 19.4. The Morgan fingerprint density at radius 1 is 1.00 bits per heavy atom. The molecule has 2 amide bonds. The second kappa shape index (κ2) is 12.2. The van der Waals surface area contributed by atoms with Crippen LogP contribution in [0.4, 0.5) is 4.39 Å². The van der Waals surface area contributed by atoms with Gasteiger partial charge in [0.25, 0.3) is 0 Å². The summed E-state index contributed by atoms with van der Waals surface area (Å²) in [6.45, 7) is 3.51. The number of aromatic nitrogens is 1. The molecule has 0 saturated carbocycles. The smallest absolute Gasteiger partial charge is 0.242 e. The standard InChI is InChI=1S/C26H32FN3O3/c1-3-6-25(31)30(15-16-33-2)19-26(32)29(18-20-9-11-22(27)12-10-20)14-13-21-17-28-24-8-5-4-7-23(21)24/h4-5,7-12,17,28H,3,6,13-16,18-19H2,1-2H3. The Kier molecular flexibility index (Phi) is 9.01. The highest BCUT2D eigenvalue weighted by Gasteiger charge is 2.21. The van der Waals surface area contributed by atoms with Gasteiger partial charge in [-0.05, 0) is 42.2 Å². The summed E-state index contributed by atoms with van der Waals surface area (Å²) < 4.78 is 18.5. The molecule has 0 spiro atoms. The Morgan fingerprint density at radius 3 is 2.48 bits per heavy atom. The highest BCUT2D eigenvalue weighted by molar-refractivity contribution is 5.85. The van der Waals surface area contributed by atoms with Crippen molar-refractivity contribution in [3.63, 3.8) is 0 Å². The molecule has 1 N–H and O–H groups in total. The lowest BCUT2D eigenvalue weighted by molar-refractivity contribution is -0.141. The third-order valence-corrected chi connectivity index (χ3v) is 5.67. The summed E-state index contributed by atoms with van der Waals surface area (Å²) in [7, 11) is 1.58. The van der Waals surface area contributed by atoms with E-state index in [1.54, 1.807) is 29.0 Å². The highest BCUT2D eigenvalue weighted by Crippen LogP contribution is 2.19. The van der Waals surface area contributed by atoms with Crippen LogP contribution in [0.1, 0.15) is 30.9 Å². The summed E-state index contributed by atoms with van der Waals surface area (Å²) in [6, 6.07) is 14.2. The Labute approximate surface area is 194 Å². The molecule has 3 rings (SSSR count). The SMILES string of the molecule is CCCC(=O)N(CCOC)CC(=O)N(CCc1c[nH]c2ccccc12)Cc1ccc(F)cc1. The van der Waals surface area contributed by atoms with Gasteiger partial charge in [-0.3, -0.25) is 9.59 Å². The van der Waals surface area contributed by atoms with Crippen LogP contribution in [0.3, 0.4) is 0 Å². The molecule has 1 heterocycles. The van der Waals surface area contributed by atoms with Gasteiger partial charge in [-0.1, -0.05) is 37.3 Å². The molecule has 0 fully saturated rings. The first-order valence-corrected chi connectivity index (χ1v) is 11.4. The number of nitrogens with zero attached hydrogens (tertiary/aromatic N) is 2. The first kappa shape index (κ1) is 24.5. The molecule has 0 unspecified atom stereocenters. The van der Waals surface area contributed by atoms with E-state index in [4.69, 9.17) is 4.74 Å². The molecule has 33 heavy (non-hydrogen) atoms. The van der Waals surface area contributed by atoms with E-state index in [1.807, 2.05) is 31.3 Å². The van der Waals surface area contributed by atoms with Gasteiger partial charge in [0, 0.05) is 50.3 Å². The Hall–Kier alpha value is -3.19. The molecule has 0 aliphatic carbocycles. The predicted octanol–water partition coefficient (Wildman–Crippen LogP) is 4.15. The number of aromatic amines is 1. The number of amides is 2. The molecule has 0 atom stereocenters. The van der Waals surface area contributed by atoms with Gasteiger partial charge in [0.15, 0.2) is 0 Å². The third kappa shape index (κ3) is 6.89. The number of halogens is 1. The average Bonchev–Trinajstić information content (AvgIpc) is 3.23. The van der Waals surface area contributed by atoms with Crippen molar-refractivity contribution in [2.75, 3.05) is 33.4 Å². The van der Waals surface area contributed by atoms with Crippen molar-refractivity contribution >= 4 is 22.7 Å². The second-order valence-corrected chi connectivity index (χ2v) is 8.11. The minimum absolute atomic E-state index is 0.00271. The van der Waals surface area contributed by atoms with Crippen LogP contribution < -0.4 is 0 Å². The lowest BCUT2D eigenvalue weighted by atomic mass is 10.1. The minimum atomic E-state index is -0.314. The van der Waals surface area contributed by atoms with Crippen molar-refractivity contribution in [2.45, 2.75) is 32.7 Å². The quantitative estimate of drug-likeness (QED) is 0.448. The maximum absolute atomic E-state index is 13.4. The molecule has 0 aliphatic heterocycles. The summed E-state index contributed by atoms with van der Waals surface area (Å²) >= 11 is 0. The van der Waals surface area contributed by atoms with E-state index < -0.39 is 0 Å². The number of H-pyrrole nitrogens is 1. The van der Waals surface area contributed by atoms with Gasteiger partial charge in [0.2, 0.25) is 11.8 Å². The normalized spacial score (nSPS) is 11.0. The molecule has 6 nitrogen and oxygen atoms in total. The number of ether oxygens (including phenoxy) is 1. The molecular formula is C26H32FN3O3. The van der Waals surface area contributed by atoms with E-state index >= 15 is 0 Å². The van der Waals surface area contributed by atoms with Gasteiger partial charge in [-0.25, -0.2) is 4.39 Å². The van der Waals surface area contributed by atoms with Gasteiger partial charge in [-0.15, -0.1) is 0 Å². The van der Waals surface area contributed by atoms with Crippen molar-refractivity contribution in [1.29, 1.82) is 0 Å². The van der Waals surface area contributed by atoms with Gasteiger partial charge < -0.3 is 19.5 Å². The predicted molar refractivity (Wildman–Crippen MR) is 127 cm³/mol. The zero-order valence-electron chi connectivity index (χ0n) is 19.4. The third-order valence-electron chi connectivity index (χ3n) is 5.67. The minimum Gasteiger partial charge on any atom is -0.383 e. The van der Waals surface area contributed by atoms with Crippen molar-refractivity contribution in [2.24, 2.45) is 0 Å². The maximum atomic E-state index is 13.4. The van der Waals surface area contributed by atoms with Crippen molar-refractivity contribution in [3.8, 4) is 0 Å². The number of hydrogen-bond acceptors (Lipinski definition) is 3. The summed E-state index contributed by atoms with van der Waals surface area (Å²) in [5, 5.41) is 1.13. The number of rotatable bonds is 12. The summed E-state index contributed by atoms with van der Waals surface area (Å²) in [5.41, 5.74) is 3.02. The van der Waals surface area contributed by atoms with Gasteiger partial charge in [0.1, 0.15) is 5.82 Å². The fraction of sp³-hybridized carbons (Fsp3) is 0.385. The van der Waals surface area contributed by atoms with Crippen LogP contribution in [-0.2, 0) is 27.3 Å². The molecule has 3 aromatic rings. The second-order valence-electron chi connectivity index (χ2n) is 8.11. The molecule has 0 aliphatic rings. The van der Waals surface area contributed by atoms with E-state index in [1.165, 1.54) is 12.1 Å². The fourth-order valence-electron chi connectivity index (χ4n) is 3.82. The van der Waals surface area contributed by atoms with Crippen molar-refractivity contribution in [1.82, 2.24) is 14.8 Å². The fourth-order valence-corrected chi connectivity index (χ4v) is 3.82. The zero-order chi connectivity index (χ0) is 23.6. The van der Waals surface area contributed by atoms with E-state index in [0.29, 0.717) is 39.1 Å². The summed E-state index contributed by atoms with van der Waals surface area (Å²) in [6.07, 6.45) is 3.75. The lowest BCUT2D eigenvalue weighted by Crippen LogP contribution is -2.44. The highest BCUT2D eigenvalue weighted by atomic mass is 19.1. The van der Waals surface area contributed by atoms with Gasteiger partial charge in [0.05, 0.1) is 13.2 Å². The number of benzene rings is 2. The topological polar surface area (TPSA) is 65.6 Å². The largest absolute Gasteiger partial charge is 0.383 e. The molecule has 176 valence electrons. The number of carbonyl (C=O) groups is 2. The van der Waals surface area contributed by atoms with Crippen molar-refractivity contribution < 1.29 is 18.7 Å². The molecule has 0 radical (unpaired) electrons. The first-order chi connectivity index (χ1) is 16.0. The lowest BCUT2D eigenvalue weighted by Gasteiger charge is -2.28. The van der Waals surface area contributed by atoms with E-state index in [2.05, 4.69) is 11.1 Å². The average molecular weight is 454 g/mol. The molecule has 7 heteroatoms. The summed E-state index contributed by atoms with van der Waals surface area (Å²) in [4.78, 5) is 32.5. The number of fused-ring (bicyclic) bond motifs is 1. The van der Waals surface area contributed by atoms with Crippen LogP contribution in [-0.4, -0.2) is 59.9 Å². The molecule has 0 saturated heterocycles. The number of carbonyl (C=O) groups excluding carboxylic acids is 2. The van der Waals surface area contributed by atoms with E-state index in [0.717, 1.165) is 28.5 Å². The molecule has 1 aromatic heterocycles. The van der Waals surface area contributed by atoms with Crippen LogP contribution in [0, 0.1) is 5.82 Å². The monoisotopic (exact) mass is 453 g/mol. The number of nitrogens with one attached hydrogen (secondary N) is 1. The maximum Gasteiger partial charge on any atom is 0.242 e. The number of para-hydroxylation sites is 1. The van der Waals surface area contributed by atoms with Crippen LogP contribution in [0.25, 0.3) is 10.9 Å². The van der Waals surface area contributed by atoms with Crippen LogP contribution in [0.15, 0.2) is 54.7 Å². The van der Waals surface area contributed by atoms with Crippen LogP contribution in [0.2, 0.25) is 0 Å². The molecule has 2 aromatic carbocycles. The Balaban J connectivity index is 1.76. The first-order valence-electron chi connectivity index (χ1n) is 11.4. The van der Waals surface area contributed by atoms with Crippen LogP contribution >= 0.6 is 0 Å². The van der Waals surface area contributed by atoms with Crippen LogP contribution in [0.5, 0.6) is 0 Å². The Morgan fingerprint density at radius 2 is 1.76 bits per heavy atom. The summed E-state index contributed by atoms with van der Waals surface area (Å²) in [5.74, 6) is -0.507. The molecule has 0 bridgehead atoms. The van der Waals surface area contributed by atoms with Crippen molar-refractivity contribution in [3.05, 3.63) is 71.7 Å². The molecular weight excluding hydrogens is 421 g/mol.